The van der Waals surface area contributed by atoms with Crippen molar-refractivity contribution in [3.63, 3.8) is 0 Å². The summed E-state index contributed by atoms with van der Waals surface area (Å²) in [4.78, 5) is 23.3. The third-order valence-electron chi connectivity index (χ3n) is 4.16. The molecular weight excluding hydrogens is 435 g/mol. The molecule has 0 aliphatic carbocycles. The van der Waals surface area contributed by atoms with Gasteiger partial charge in [0.25, 0.3) is 0 Å². The number of aromatic nitrogens is 3. The Morgan fingerprint density at radius 3 is 2.68 bits per heavy atom. The summed E-state index contributed by atoms with van der Waals surface area (Å²) < 4.78 is 44.1. The summed E-state index contributed by atoms with van der Waals surface area (Å²) in [6, 6.07) is 9.84. The number of carbonyl (C=O) groups is 1. The number of ether oxygens (including phenoxy) is 1. The summed E-state index contributed by atoms with van der Waals surface area (Å²) in [7, 11) is 0. The number of H-pyrrole nitrogens is 1. The monoisotopic (exact) mass is 447 g/mol. The minimum atomic E-state index is -4.51. The molecule has 0 aliphatic heterocycles. The zero-order chi connectivity index (χ0) is 22.0. The van der Waals surface area contributed by atoms with Crippen molar-refractivity contribution in [1.29, 1.82) is 0 Å². The lowest BCUT2D eigenvalue weighted by Gasteiger charge is -2.12. The van der Waals surface area contributed by atoms with E-state index in [-0.39, 0.29) is 16.4 Å². The molecule has 0 fully saturated rings. The van der Waals surface area contributed by atoms with Crippen LogP contribution in [0.2, 0.25) is 5.02 Å². The fourth-order valence-corrected chi connectivity index (χ4v) is 2.97. The molecule has 4 rings (SSSR count). The summed E-state index contributed by atoms with van der Waals surface area (Å²) in [5.74, 6) is 0.664. The van der Waals surface area contributed by atoms with Crippen molar-refractivity contribution in [2.45, 2.75) is 6.18 Å². The van der Waals surface area contributed by atoms with Crippen LogP contribution in [0.5, 0.6) is 11.6 Å². The van der Waals surface area contributed by atoms with Gasteiger partial charge in [-0.3, -0.25) is 0 Å². The van der Waals surface area contributed by atoms with Crippen molar-refractivity contribution in [3.8, 4) is 11.6 Å². The lowest BCUT2D eigenvalue weighted by Crippen LogP contribution is -2.20. The number of amides is 2. The zero-order valence-corrected chi connectivity index (χ0v) is 16.3. The molecule has 3 N–H and O–H groups in total. The van der Waals surface area contributed by atoms with Gasteiger partial charge in [-0.05, 0) is 36.4 Å². The molecule has 11 heteroatoms. The van der Waals surface area contributed by atoms with Crippen molar-refractivity contribution < 1.29 is 22.7 Å². The molecule has 0 spiro atoms. The van der Waals surface area contributed by atoms with Crippen LogP contribution in [0, 0.1) is 0 Å². The van der Waals surface area contributed by atoms with E-state index in [0.717, 1.165) is 12.1 Å². The smallest absolute Gasteiger partial charge is 0.416 e. The van der Waals surface area contributed by atoms with E-state index >= 15 is 0 Å². The number of hydrogen-bond acceptors (Lipinski definition) is 4. The zero-order valence-electron chi connectivity index (χ0n) is 15.5. The highest BCUT2D eigenvalue weighted by molar-refractivity contribution is 6.34. The number of aromatic amines is 1. The first kappa shape index (κ1) is 20.5. The predicted octanol–water partition coefficient (Wildman–Crippen LogP) is 6.07. The maximum absolute atomic E-state index is 12.8. The van der Waals surface area contributed by atoms with Crippen molar-refractivity contribution in [2.24, 2.45) is 0 Å². The number of halogens is 4. The maximum Gasteiger partial charge on any atom is 0.416 e. The molecule has 0 saturated heterocycles. The number of nitrogens with zero attached hydrogens (tertiary/aromatic N) is 2. The maximum atomic E-state index is 12.8. The highest BCUT2D eigenvalue weighted by Gasteiger charge is 2.30. The molecule has 0 atom stereocenters. The van der Waals surface area contributed by atoms with Crippen molar-refractivity contribution in [3.05, 3.63) is 71.6 Å². The molecule has 2 aromatic carbocycles. The quantitative estimate of drug-likeness (QED) is 0.354. The third kappa shape index (κ3) is 4.69. The van der Waals surface area contributed by atoms with Crippen LogP contribution in [0.4, 0.5) is 29.3 Å². The highest BCUT2D eigenvalue weighted by atomic mass is 35.5. The summed E-state index contributed by atoms with van der Waals surface area (Å²) >= 11 is 6.21. The van der Waals surface area contributed by atoms with Gasteiger partial charge in [-0.2, -0.15) is 18.2 Å². The summed E-state index contributed by atoms with van der Waals surface area (Å²) in [5.41, 5.74) is 0.654. The first-order valence-corrected chi connectivity index (χ1v) is 9.18. The Hall–Kier alpha value is -3.79. The minimum absolute atomic E-state index is 0.0119. The van der Waals surface area contributed by atoms with Crippen molar-refractivity contribution in [1.82, 2.24) is 15.0 Å². The Bertz CT molecular complexity index is 1260. The largest absolute Gasteiger partial charge is 0.437 e. The predicted molar refractivity (Wildman–Crippen MR) is 110 cm³/mol. The lowest BCUT2D eigenvalue weighted by molar-refractivity contribution is -0.137. The van der Waals surface area contributed by atoms with Gasteiger partial charge in [0.2, 0.25) is 5.88 Å². The van der Waals surface area contributed by atoms with Crippen molar-refractivity contribution in [2.75, 3.05) is 10.6 Å². The van der Waals surface area contributed by atoms with Gasteiger partial charge >= 0.3 is 12.2 Å². The van der Waals surface area contributed by atoms with Gasteiger partial charge in [0.15, 0.2) is 0 Å². The molecule has 158 valence electrons. The second kappa shape index (κ2) is 8.15. The summed E-state index contributed by atoms with van der Waals surface area (Å²) in [6.07, 6.45) is -1.45. The van der Waals surface area contributed by atoms with Gasteiger partial charge in [-0.1, -0.05) is 17.7 Å². The topological polar surface area (TPSA) is 91.9 Å². The van der Waals surface area contributed by atoms with Gasteiger partial charge < -0.3 is 20.4 Å². The molecule has 7 nitrogen and oxygen atoms in total. The molecule has 4 aromatic rings. The number of benzene rings is 2. The average molecular weight is 448 g/mol. The van der Waals surface area contributed by atoms with E-state index < -0.39 is 17.8 Å². The van der Waals surface area contributed by atoms with Crippen LogP contribution < -0.4 is 15.4 Å². The molecular formula is C20H13ClF3N5O2. The SMILES string of the molecule is O=C(Nc1cccc(C(F)(F)F)c1)Nc1ccc(Oc2ncnc3cc[nH]c23)cc1Cl. The van der Waals surface area contributed by atoms with Crippen LogP contribution in [-0.4, -0.2) is 21.0 Å². The Kier molecular flexibility index (Phi) is 5.38. The fraction of sp³-hybridized carbons (Fsp3) is 0.0500. The summed E-state index contributed by atoms with van der Waals surface area (Å²) in [6.45, 7) is 0. The second-order valence-electron chi connectivity index (χ2n) is 6.32. The number of urea groups is 1. The number of alkyl halides is 3. The van der Waals surface area contributed by atoms with Crippen LogP contribution >= 0.6 is 11.6 Å². The van der Waals surface area contributed by atoms with Crippen LogP contribution in [0.25, 0.3) is 11.0 Å². The standard InChI is InChI=1S/C20H13ClF3N5O2/c21-14-9-13(31-18-17-16(6-7-25-17)26-10-27-18)4-5-15(14)29-19(30)28-12-3-1-2-11(8-12)20(22,23)24/h1-10,25H,(H2,28,29,30). The molecule has 2 amide bonds. The minimum Gasteiger partial charge on any atom is -0.437 e. The number of fused-ring (bicyclic) bond motifs is 1. The Labute approximate surface area is 178 Å². The van der Waals surface area contributed by atoms with E-state index in [9.17, 15) is 18.0 Å². The Morgan fingerprint density at radius 2 is 1.90 bits per heavy atom. The van der Waals surface area contributed by atoms with E-state index in [1.165, 1.54) is 30.6 Å². The fourth-order valence-electron chi connectivity index (χ4n) is 2.76. The van der Waals surface area contributed by atoms with Gasteiger partial charge in [-0.15, -0.1) is 0 Å². The number of carbonyl (C=O) groups excluding carboxylic acids is 1. The molecule has 0 unspecified atom stereocenters. The molecule has 31 heavy (non-hydrogen) atoms. The van der Waals surface area contributed by atoms with Gasteiger partial charge in [0, 0.05) is 18.0 Å². The van der Waals surface area contributed by atoms with Crippen molar-refractivity contribution >= 4 is 40.0 Å². The van der Waals surface area contributed by atoms with Gasteiger partial charge in [0.1, 0.15) is 17.6 Å². The van der Waals surface area contributed by atoms with Gasteiger partial charge in [0.05, 0.1) is 21.8 Å². The number of anilines is 2. The number of rotatable bonds is 4. The number of hydrogen-bond donors (Lipinski definition) is 3. The third-order valence-corrected chi connectivity index (χ3v) is 4.47. The highest BCUT2D eigenvalue weighted by Crippen LogP contribution is 2.32. The molecule has 2 heterocycles. The van der Waals surface area contributed by atoms with Crippen LogP contribution in [-0.2, 0) is 6.18 Å². The normalized spacial score (nSPS) is 11.4. The first-order chi connectivity index (χ1) is 14.8. The van der Waals surface area contributed by atoms with E-state index in [1.807, 2.05) is 0 Å². The molecule has 0 saturated carbocycles. The van der Waals surface area contributed by atoms with E-state index in [0.29, 0.717) is 22.7 Å². The van der Waals surface area contributed by atoms with Crippen LogP contribution in [0.3, 0.4) is 0 Å². The first-order valence-electron chi connectivity index (χ1n) is 8.80. The van der Waals surface area contributed by atoms with E-state index in [1.54, 1.807) is 18.3 Å². The second-order valence-corrected chi connectivity index (χ2v) is 6.73. The molecule has 2 aromatic heterocycles. The molecule has 0 aliphatic rings. The van der Waals surface area contributed by atoms with E-state index in [4.69, 9.17) is 16.3 Å². The lowest BCUT2D eigenvalue weighted by atomic mass is 10.2. The molecule has 0 bridgehead atoms. The summed E-state index contributed by atoms with van der Waals surface area (Å²) in [5, 5.41) is 4.98. The van der Waals surface area contributed by atoms with Gasteiger partial charge in [-0.25, -0.2) is 9.78 Å². The number of nitrogens with one attached hydrogen (secondary N) is 3. The van der Waals surface area contributed by atoms with E-state index in [2.05, 4.69) is 25.6 Å². The Balaban J connectivity index is 1.45. The molecule has 0 radical (unpaired) electrons. The van der Waals surface area contributed by atoms with Crippen LogP contribution in [0.15, 0.2) is 61.1 Å². The Morgan fingerprint density at radius 1 is 1.06 bits per heavy atom. The average Bonchev–Trinajstić information content (AvgIpc) is 3.19. The van der Waals surface area contributed by atoms with Crippen LogP contribution in [0.1, 0.15) is 5.56 Å².